The van der Waals surface area contributed by atoms with Crippen molar-refractivity contribution in [2.24, 2.45) is 0 Å². The molecule has 0 radical (unpaired) electrons. The minimum Gasteiger partial charge on any atom is -0.293 e. The number of aromatic nitrogens is 3. The van der Waals surface area contributed by atoms with Crippen LogP contribution in [0.3, 0.4) is 0 Å². The van der Waals surface area contributed by atoms with E-state index in [9.17, 15) is 14.4 Å². The fourth-order valence-electron chi connectivity index (χ4n) is 4.20. The highest BCUT2D eigenvalue weighted by Gasteiger charge is 2.43. The summed E-state index contributed by atoms with van der Waals surface area (Å²) in [5.74, 6) is -1.46. The number of H-pyrrole nitrogens is 1. The van der Waals surface area contributed by atoms with Gasteiger partial charge < -0.3 is 0 Å². The van der Waals surface area contributed by atoms with Gasteiger partial charge in [0.15, 0.2) is 0 Å². The molecule has 8 heteroatoms. The predicted octanol–water partition coefficient (Wildman–Crippen LogP) is 3.69. The molecular formula is C23H20N4O3S. The van der Waals surface area contributed by atoms with Gasteiger partial charge in [-0.1, -0.05) is 48.6 Å². The van der Waals surface area contributed by atoms with Gasteiger partial charge in [-0.25, -0.2) is 9.88 Å². The summed E-state index contributed by atoms with van der Waals surface area (Å²) in [6.07, 6.45) is 0.677. The average molecular weight is 433 g/mol. The molecule has 0 spiro atoms. The van der Waals surface area contributed by atoms with Gasteiger partial charge in [-0.3, -0.25) is 19.5 Å². The second-order valence-electron chi connectivity index (χ2n) is 7.56. The number of imide groups is 1. The van der Waals surface area contributed by atoms with Crippen LogP contribution in [0, 0.1) is 6.92 Å². The molecule has 4 aromatic rings. The monoisotopic (exact) mass is 432 g/mol. The predicted molar refractivity (Wildman–Crippen MR) is 120 cm³/mol. The van der Waals surface area contributed by atoms with Crippen LogP contribution in [0.4, 0.5) is 5.69 Å². The van der Waals surface area contributed by atoms with Gasteiger partial charge in [0.05, 0.1) is 27.4 Å². The standard InChI is InChI=1S/C23H20N4O3S/c1-3-14-8-4-6-10-17(14)26-19(28)12-15(21(26)29)20-13(2)25-27(22(20)30)23-24-16-9-5-7-11-18(16)31-23/h4-11,15,25H,3,12H2,1-2H3. The molecule has 1 unspecified atom stereocenters. The molecule has 31 heavy (non-hydrogen) atoms. The van der Waals surface area contributed by atoms with Crippen molar-refractivity contribution >= 4 is 39.1 Å². The Kier molecular flexibility index (Phi) is 4.59. The van der Waals surface area contributed by atoms with Crippen molar-refractivity contribution < 1.29 is 9.59 Å². The van der Waals surface area contributed by atoms with E-state index in [2.05, 4.69) is 10.1 Å². The fourth-order valence-corrected chi connectivity index (χ4v) is 5.12. The van der Waals surface area contributed by atoms with Gasteiger partial charge in [-0.15, -0.1) is 0 Å². The lowest BCUT2D eigenvalue weighted by molar-refractivity contribution is -0.121. The molecule has 1 saturated heterocycles. The summed E-state index contributed by atoms with van der Waals surface area (Å²) in [5.41, 5.74) is 2.88. The normalized spacial score (nSPS) is 16.6. The molecule has 1 N–H and O–H groups in total. The number of hydrogen-bond donors (Lipinski definition) is 1. The van der Waals surface area contributed by atoms with Gasteiger partial charge in [0.1, 0.15) is 0 Å². The van der Waals surface area contributed by atoms with Crippen LogP contribution in [0.2, 0.25) is 0 Å². The number of fused-ring (bicyclic) bond motifs is 1. The number of benzene rings is 2. The number of rotatable bonds is 4. The first-order valence-corrected chi connectivity index (χ1v) is 10.9. The first-order chi connectivity index (χ1) is 15.0. The third-order valence-electron chi connectivity index (χ3n) is 5.70. The van der Waals surface area contributed by atoms with E-state index in [1.807, 2.05) is 49.4 Å². The van der Waals surface area contributed by atoms with Crippen LogP contribution < -0.4 is 10.5 Å². The van der Waals surface area contributed by atoms with Crippen LogP contribution in [0.25, 0.3) is 15.3 Å². The molecule has 1 aliphatic heterocycles. The van der Waals surface area contributed by atoms with Crippen LogP contribution in [0.5, 0.6) is 0 Å². The highest BCUT2D eigenvalue weighted by Crippen LogP contribution is 2.35. The van der Waals surface area contributed by atoms with Crippen molar-refractivity contribution in [3.05, 3.63) is 75.7 Å². The molecule has 1 atom stereocenters. The molecule has 1 aliphatic rings. The van der Waals surface area contributed by atoms with Crippen molar-refractivity contribution in [1.82, 2.24) is 14.8 Å². The summed E-state index contributed by atoms with van der Waals surface area (Å²) in [4.78, 5) is 45.2. The number of carbonyl (C=O) groups is 2. The Labute approximate surface area is 181 Å². The Morgan fingerprint density at radius 2 is 1.84 bits per heavy atom. The molecule has 1 fully saturated rings. The number of hydrogen-bond acceptors (Lipinski definition) is 5. The highest BCUT2D eigenvalue weighted by molar-refractivity contribution is 7.20. The summed E-state index contributed by atoms with van der Waals surface area (Å²) in [6, 6.07) is 15.0. The van der Waals surface area contributed by atoms with Crippen LogP contribution in [-0.4, -0.2) is 26.6 Å². The lowest BCUT2D eigenvalue weighted by Crippen LogP contribution is -2.32. The van der Waals surface area contributed by atoms with Crippen molar-refractivity contribution in [3.8, 4) is 5.13 Å². The third kappa shape index (κ3) is 3.02. The molecule has 2 aromatic carbocycles. The second-order valence-corrected chi connectivity index (χ2v) is 8.57. The molecule has 2 aromatic heterocycles. The summed E-state index contributed by atoms with van der Waals surface area (Å²) < 4.78 is 2.34. The first-order valence-electron chi connectivity index (χ1n) is 10.1. The zero-order valence-corrected chi connectivity index (χ0v) is 17.9. The van der Waals surface area contributed by atoms with Gasteiger partial charge >= 0.3 is 0 Å². The van der Waals surface area contributed by atoms with Crippen LogP contribution in [0.1, 0.15) is 36.1 Å². The van der Waals surface area contributed by atoms with Crippen molar-refractivity contribution in [2.75, 3.05) is 4.90 Å². The van der Waals surface area contributed by atoms with Crippen molar-refractivity contribution in [1.29, 1.82) is 0 Å². The minimum absolute atomic E-state index is 0.0232. The Hall–Kier alpha value is -3.52. The molecule has 0 bridgehead atoms. The zero-order valence-electron chi connectivity index (χ0n) is 17.1. The quantitative estimate of drug-likeness (QED) is 0.498. The third-order valence-corrected chi connectivity index (χ3v) is 6.72. The van der Waals surface area contributed by atoms with E-state index in [-0.39, 0.29) is 23.8 Å². The van der Waals surface area contributed by atoms with E-state index in [4.69, 9.17) is 0 Å². The molecule has 156 valence electrons. The fraction of sp³-hybridized carbons (Fsp3) is 0.217. The van der Waals surface area contributed by atoms with Crippen molar-refractivity contribution in [2.45, 2.75) is 32.6 Å². The molecule has 0 aliphatic carbocycles. The number of aryl methyl sites for hydroxylation is 2. The Morgan fingerprint density at radius 3 is 2.61 bits per heavy atom. The molecule has 0 saturated carbocycles. The molecule has 2 amide bonds. The van der Waals surface area contributed by atoms with E-state index in [1.54, 1.807) is 13.0 Å². The van der Waals surface area contributed by atoms with E-state index in [0.29, 0.717) is 28.5 Å². The average Bonchev–Trinajstić information content (AvgIpc) is 3.41. The van der Waals surface area contributed by atoms with E-state index in [0.717, 1.165) is 15.8 Å². The topological polar surface area (TPSA) is 88.1 Å². The summed E-state index contributed by atoms with van der Waals surface area (Å²) in [6.45, 7) is 3.73. The Morgan fingerprint density at radius 1 is 1.10 bits per heavy atom. The molecule has 5 rings (SSSR count). The Balaban J connectivity index is 1.56. The summed E-state index contributed by atoms with van der Waals surface area (Å²) in [5, 5.41) is 3.55. The summed E-state index contributed by atoms with van der Waals surface area (Å²) >= 11 is 1.39. The lowest BCUT2D eigenvalue weighted by atomic mass is 9.98. The van der Waals surface area contributed by atoms with Crippen LogP contribution in [-0.2, 0) is 16.0 Å². The van der Waals surface area contributed by atoms with Gasteiger partial charge in [-0.05, 0) is 37.1 Å². The number of aromatic amines is 1. The first kappa shape index (κ1) is 19.4. The van der Waals surface area contributed by atoms with Gasteiger partial charge in [-0.2, -0.15) is 4.68 Å². The maximum absolute atomic E-state index is 13.3. The van der Waals surface area contributed by atoms with Crippen LogP contribution in [0.15, 0.2) is 53.3 Å². The van der Waals surface area contributed by atoms with E-state index in [1.165, 1.54) is 20.9 Å². The van der Waals surface area contributed by atoms with Gasteiger partial charge in [0.25, 0.3) is 5.56 Å². The molecule has 7 nitrogen and oxygen atoms in total. The minimum atomic E-state index is -0.809. The molecule has 3 heterocycles. The lowest BCUT2D eigenvalue weighted by Gasteiger charge is -2.18. The van der Waals surface area contributed by atoms with Crippen molar-refractivity contribution in [3.63, 3.8) is 0 Å². The zero-order chi connectivity index (χ0) is 21.7. The number of para-hydroxylation sites is 2. The number of amides is 2. The van der Waals surface area contributed by atoms with Crippen LogP contribution >= 0.6 is 11.3 Å². The van der Waals surface area contributed by atoms with E-state index < -0.39 is 5.92 Å². The number of anilines is 1. The molecular weight excluding hydrogens is 412 g/mol. The Bertz CT molecular complexity index is 1360. The maximum atomic E-state index is 13.3. The number of carbonyl (C=O) groups excluding carboxylic acids is 2. The van der Waals surface area contributed by atoms with Gasteiger partial charge in [0, 0.05) is 12.1 Å². The smallest absolute Gasteiger partial charge is 0.277 e. The van der Waals surface area contributed by atoms with Gasteiger partial charge in [0.2, 0.25) is 16.9 Å². The summed E-state index contributed by atoms with van der Waals surface area (Å²) in [7, 11) is 0. The highest BCUT2D eigenvalue weighted by atomic mass is 32.1. The number of nitrogens with one attached hydrogen (secondary N) is 1. The number of nitrogens with zero attached hydrogens (tertiary/aromatic N) is 3. The maximum Gasteiger partial charge on any atom is 0.277 e. The SMILES string of the molecule is CCc1ccccc1N1C(=O)CC(c2c(C)[nH]n(-c3nc4ccccc4s3)c2=O)C1=O. The second kappa shape index (κ2) is 7.31. The van der Waals surface area contributed by atoms with E-state index >= 15 is 0 Å². The largest absolute Gasteiger partial charge is 0.293 e. The number of thiazole rings is 1.